The van der Waals surface area contributed by atoms with E-state index < -0.39 is 12.0 Å². The number of rotatable bonds is 6. The zero-order valence-electron chi connectivity index (χ0n) is 15.8. The minimum Gasteiger partial charge on any atom is -0.467 e. The molecule has 6 heteroatoms. The highest BCUT2D eigenvalue weighted by Gasteiger charge is 2.23. The molecule has 0 heterocycles. The molecule has 5 nitrogen and oxygen atoms in total. The number of amides is 1. The molecule has 0 fully saturated rings. The summed E-state index contributed by atoms with van der Waals surface area (Å²) in [6.45, 7) is 0. The van der Waals surface area contributed by atoms with Crippen LogP contribution in [-0.4, -0.2) is 37.0 Å². The number of carbonyl (C=O) groups excluding carboxylic acids is 2. The maximum Gasteiger partial charge on any atom is 0.329 e. The number of methoxy groups -OCH3 is 1. The molecule has 0 spiro atoms. The van der Waals surface area contributed by atoms with Gasteiger partial charge in [-0.2, -0.15) is 11.8 Å². The van der Waals surface area contributed by atoms with Crippen LogP contribution in [0, 0.1) is 0 Å². The molecule has 0 aromatic heterocycles. The first-order chi connectivity index (χ1) is 13.5. The lowest BCUT2D eigenvalue weighted by molar-refractivity contribution is -0.142. The normalized spacial score (nSPS) is 11.8. The molecule has 1 atom stereocenters. The number of carbonyl (C=O) groups is 2. The van der Waals surface area contributed by atoms with Crippen molar-refractivity contribution in [3.05, 3.63) is 66.2 Å². The molecule has 3 rings (SSSR count). The Labute approximate surface area is 168 Å². The van der Waals surface area contributed by atoms with Crippen molar-refractivity contribution in [3.8, 4) is 11.1 Å². The van der Waals surface area contributed by atoms with E-state index in [4.69, 9.17) is 10.5 Å². The first-order valence-electron chi connectivity index (χ1n) is 8.80. The number of nitrogen functional groups attached to an aromatic ring is 1. The summed E-state index contributed by atoms with van der Waals surface area (Å²) in [5.41, 5.74) is 8.68. The first kappa shape index (κ1) is 19.8. The number of fused-ring (bicyclic) bond motifs is 1. The van der Waals surface area contributed by atoms with Crippen LogP contribution in [0.2, 0.25) is 0 Å². The van der Waals surface area contributed by atoms with Crippen molar-refractivity contribution in [2.45, 2.75) is 6.04 Å². The minimum absolute atomic E-state index is 0.340. The first-order valence-corrected chi connectivity index (χ1v) is 10.2. The number of esters is 1. The molecule has 0 aliphatic heterocycles. The molecule has 0 saturated heterocycles. The van der Waals surface area contributed by atoms with Gasteiger partial charge in [-0.3, -0.25) is 4.79 Å². The van der Waals surface area contributed by atoms with Gasteiger partial charge in [0.05, 0.1) is 7.11 Å². The number of hydrogen-bond acceptors (Lipinski definition) is 5. The predicted molar refractivity (Wildman–Crippen MR) is 115 cm³/mol. The van der Waals surface area contributed by atoms with Gasteiger partial charge in [-0.15, -0.1) is 0 Å². The van der Waals surface area contributed by atoms with Gasteiger partial charge in [0.1, 0.15) is 6.04 Å². The summed E-state index contributed by atoms with van der Waals surface area (Å²) in [4.78, 5) is 25.0. The van der Waals surface area contributed by atoms with Gasteiger partial charge in [-0.1, -0.05) is 42.5 Å². The van der Waals surface area contributed by atoms with Gasteiger partial charge in [-0.25, -0.2) is 4.79 Å². The lowest BCUT2D eigenvalue weighted by Gasteiger charge is -2.18. The third-order valence-corrected chi connectivity index (χ3v) is 5.16. The van der Waals surface area contributed by atoms with Crippen molar-refractivity contribution in [2.24, 2.45) is 0 Å². The molecule has 3 N–H and O–H groups in total. The Hall–Kier alpha value is -2.99. The summed E-state index contributed by atoms with van der Waals surface area (Å²) < 4.78 is 4.81. The Kier molecular flexibility index (Phi) is 6.21. The monoisotopic (exact) mass is 394 g/mol. The van der Waals surface area contributed by atoms with Gasteiger partial charge in [0.2, 0.25) is 0 Å². The summed E-state index contributed by atoms with van der Waals surface area (Å²) in [6, 6.07) is 18.4. The van der Waals surface area contributed by atoms with Crippen LogP contribution < -0.4 is 11.1 Å². The maximum absolute atomic E-state index is 13.0. The van der Waals surface area contributed by atoms with Crippen LogP contribution in [0.3, 0.4) is 0 Å². The highest BCUT2D eigenvalue weighted by molar-refractivity contribution is 7.98. The van der Waals surface area contributed by atoms with Gasteiger partial charge < -0.3 is 15.8 Å². The molecule has 0 aliphatic rings. The van der Waals surface area contributed by atoms with Crippen LogP contribution in [0.5, 0.6) is 0 Å². The van der Waals surface area contributed by atoms with Crippen molar-refractivity contribution in [3.63, 3.8) is 0 Å². The predicted octanol–water partition coefficient (Wildman–Crippen LogP) is 3.72. The number of nitrogens with one attached hydrogen (secondary N) is 1. The van der Waals surface area contributed by atoms with E-state index in [1.54, 1.807) is 18.2 Å². The number of anilines is 1. The topological polar surface area (TPSA) is 81.4 Å². The second-order valence-electron chi connectivity index (χ2n) is 6.34. The van der Waals surface area contributed by atoms with Gasteiger partial charge >= 0.3 is 5.97 Å². The average molecular weight is 394 g/mol. The molecule has 0 aliphatic carbocycles. The Morgan fingerprint density at radius 1 is 1.07 bits per heavy atom. The summed E-state index contributed by atoms with van der Waals surface area (Å²) in [5.74, 6) is -0.381. The number of benzene rings is 3. The average Bonchev–Trinajstić information content (AvgIpc) is 2.72. The maximum atomic E-state index is 13.0. The van der Waals surface area contributed by atoms with E-state index in [0.717, 1.165) is 21.9 Å². The SMILES string of the molecule is COC(=O)C(CSC)NC(=O)c1ccc(N)cc1-c1cccc2ccccc12. The molecular weight excluding hydrogens is 372 g/mol. The second kappa shape index (κ2) is 8.80. The van der Waals surface area contributed by atoms with Crippen LogP contribution in [0.25, 0.3) is 21.9 Å². The second-order valence-corrected chi connectivity index (χ2v) is 7.25. The zero-order chi connectivity index (χ0) is 20.1. The van der Waals surface area contributed by atoms with Crippen LogP contribution in [-0.2, 0) is 9.53 Å². The Morgan fingerprint density at radius 2 is 1.82 bits per heavy atom. The fraction of sp³-hybridized carbons (Fsp3) is 0.182. The summed E-state index contributed by atoms with van der Waals surface area (Å²) in [6.07, 6.45) is 1.87. The number of thioether (sulfide) groups is 1. The fourth-order valence-electron chi connectivity index (χ4n) is 3.16. The Morgan fingerprint density at radius 3 is 2.57 bits per heavy atom. The van der Waals surface area contributed by atoms with Crippen molar-refractivity contribution < 1.29 is 14.3 Å². The third kappa shape index (κ3) is 4.12. The number of hydrogen-bond donors (Lipinski definition) is 2. The standard InChI is InChI=1S/C22H22N2O3S/c1-27-22(26)20(13-28-2)24-21(25)18-11-10-15(23)12-19(18)17-9-5-7-14-6-3-4-8-16(14)17/h3-12,20H,13,23H2,1-2H3,(H,24,25). The molecule has 3 aromatic rings. The summed E-state index contributed by atoms with van der Waals surface area (Å²) >= 11 is 1.46. The number of ether oxygens (including phenoxy) is 1. The van der Waals surface area contributed by atoms with Crippen molar-refractivity contribution in [2.75, 3.05) is 24.9 Å². The fourth-order valence-corrected chi connectivity index (χ4v) is 3.71. The zero-order valence-corrected chi connectivity index (χ0v) is 16.6. The summed E-state index contributed by atoms with van der Waals surface area (Å²) in [5, 5.41) is 4.89. The third-order valence-electron chi connectivity index (χ3n) is 4.49. The highest BCUT2D eigenvalue weighted by atomic mass is 32.2. The molecule has 0 radical (unpaired) electrons. The van der Waals surface area contributed by atoms with Crippen LogP contribution in [0.15, 0.2) is 60.7 Å². The van der Waals surface area contributed by atoms with Crippen LogP contribution in [0.1, 0.15) is 10.4 Å². The molecule has 1 unspecified atom stereocenters. The van der Waals surface area contributed by atoms with Gasteiger partial charge in [0.15, 0.2) is 0 Å². The summed E-state index contributed by atoms with van der Waals surface area (Å²) in [7, 11) is 1.31. The molecule has 1 amide bonds. The van der Waals surface area contributed by atoms with Crippen molar-refractivity contribution >= 4 is 40.1 Å². The van der Waals surface area contributed by atoms with E-state index in [2.05, 4.69) is 5.32 Å². The van der Waals surface area contributed by atoms with Crippen molar-refractivity contribution in [1.82, 2.24) is 5.32 Å². The molecular formula is C22H22N2O3S. The van der Waals surface area contributed by atoms with Gasteiger partial charge in [0.25, 0.3) is 5.91 Å². The van der Waals surface area contributed by atoms with E-state index in [-0.39, 0.29) is 5.91 Å². The number of nitrogens with two attached hydrogens (primary N) is 1. The van der Waals surface area contributed by atoms with Crippen molar-refractivity contribution in [1.29, 1.82) is 0 Å². The van der Waals surface area contributed by atoms with E-state index in [1.165, 1.54) is 18.9 Å². The lowest BCUT2D eigenvalue weighted by atomic mass is 9.93. The molecule has 144 valence electrons. The molecule has 3 aromatic carbocycles. The van der Waals surface area contributed by atoms with E-state index in [1.807, 2.05) is 48.7 Å². The quantitative estimate of drug-likeness (QED) is 0.492. The van der Waals surface area contributed by atoms with Crippen LogP contribution >= 0.6 is 11.8 Å². The minimum atomic E-state index is -0.717. The van der Waals surface area contributed by atoms with Crippen LogP contribution in [0.4, 0.5) is 5.69 Å². The molecule has 0 saturated carbocycles. The van der Waals surface area contributed by atoms with Gasteiger partial charge in [-0.05, 0) is 46.4 Å². The Bertz CT molecular complexity index is 1010. The van der Waals surface area contributed by atoms with Gasteiger partial charge in [0, 0.05) is 17.0 Å². The highest BCUT2D eigenvalue weighted by Crippen LogP contribution is 2.32. The van der Waals surface area contributed by atoms with E-state index in [0.29, 0.717) is 17.0 Å². The van der Waals surface area contributed by atoms with E-state index >= 15 is 0 Å². The lowest BCUT2D eigenvalue weighted by Crippen LogP contribution is -2.43. The molecule has 0 bridgehead atoms. The Balaban J connectivity index is 2.06. The smallest absolute Gasteiger partial charge is 0.329 e. The largest absolute Gasteiger partial charge is 0.467 e. The van der Waals surface area contributed by atoms with E-state index in [9.17, 15) is 9.59 Å². The molecule has 28 heavy (non-hydrogen) atoms.